The van der Waals surface area contributed by atoms with Crippen LogP contribution in [0.3, 0.4) is 0 Å². The lowest BCUT2D eigenvalue weighted by molar-refractivity contribution is -0.120. The Hall–Kier alpha value is -3.78. The topological polar surface area (TPSA) is 77.1 Å². The number of nitrogens with zero attached hydrogens (tertiary/aromatic N) is 1. The van der Waals surface area contributed by atoms with Gasteiger partial charge in [0.05, 0.1) is 31.6 Å². The summed E-state index contributed by atoms with van der Waals surface area (Å²) in [6.45, 7) is 3.91. The number of thiophene rings is 1. The summed E-state index contributed by atoms with van der Waals surface area (Å²) in [6.07, 6.45) is 0.0531. The van der Waals surface area contributed by atoms with Crippen LogP contribution in [0.5, 0.6) is 17.2 Å². The van der Waals surface area contributed by atoms with E-state index in [2.05, 4.69) is 5.32 Å². The van der Waals surface area contributed by atoms with Crippen LogP contribution in [0.4, 0.5) is 11.4 Å². The Kier molecular flexibility index (Phi) is 6.37. The van der Waals surface area contributed by atoms with Crippen LogP contribution in [0.2, 0.25) is 0 Å². The van der Waals surface area contributed by atoms with E-state index in [4.69, 9.17) is 14.2 Å². The van der Waals surface area contributed by atoms with Gasteiger partial charge >= 0.3 is 0 Å². The van der Waals surface area contributed by atoms with E-state index in [0.717, 1.165) is 10.6 Å². The molecule has 0 radical (unpaired) electrons. The molecule has 1 aliphatic rings. The number of anilines is 2. The normalized spacial score (nSPS) is 13.7. The summed E-state index contributed by atoms with van der Waals surface area (Å²) >= 11 is 1.39. The van der Waals surface area contributed by atoms with E-state index in [0.29, 0.717) is 33.3 Å². The Morgan fingerprint density at radius 2 is 1.64 bits per heavy atom. The third-order valence-electron chi connectivity index (χ3n) is 4.97. The van der Waals surface area contributed by atoms with Crippen LogP contribution in [0, 0.1) is 0 Å². The maximum Gasteiger partial charge on any atom is 0.282 e. The van der Waals surface area contributed by atoms with Gasteiger partial charge < -0.3 is 19.5 Å². The van der Waals surface area contributed by atoms with Crippen molar-refractivity contribution < 1.29 is 23.8 Å². The molecule has 2 aromatic carbocycles. The van der Waals surface area contributed by atoms with E-state index in [-0.39, 0.29) is 11.8 Å². The van der Waals surface area contributed by atoms with Gasteiger partial charge in [0.15, 0.2) is 0 Å². The zero-order valence-electron chi connectivity index (χ0n) is 18.7. The zero-order chi connectivity index (χ0) is 23.5. The third-order valence-corrected chi connectivity index (χ3v) is 5.86. The quantitative estimate of drug-likeness (QED) is 0.476. The lowest BCUT2D eigenvalue weighted by Gasteiger charge is -2.19. The monoisotopic (exact) mass is 464 g/mol. The maximum atomic E-state index is 13.6. The number of rotatable bonds is 8. The first-order valence-corrected chi connectivity index (χ1v) is 11.2. The third kappa shape index (κ3) is 4.42. The molecule has 1 N–H and O–H groups in total. The fourth-order valence-corrected chi connectivity index (χ4v) is 4.29. The Balaban J connectivity index is 1.74. The zero-order valence-corrected chi connectivity index (χ0v) is 19.6. The highest BCUT2D eigenvalue weighted by atomic mass is 32.1. The van der Waals surface area contributed by atoms with Crippen molar-refractivity contribution >= 4 is 40.1 Å². The SMILES string of the molecule is COc1ccc(OC)c(N2C(=O)C(Nc3ccc(OC(C)C)cc3)=C(c3cccs3)C2=O)c1. The first kappa shape index (κ1) is 22.4. The molecule has 0 atom stereocenters. The van der Waals surface area contributed by atoms with Crippen LogP contribution in [0.25, 0.3) is 5.57 Å². The van der Waals surface area contributed by atoms with Crippen molar-refractivity contribution in [2.45, 2.75) is 20.0 Å². The van der Waals surface area contributed by atoms with E-state index in [1.807, 2.05) is 55.6 Å². The molecule has 0 saturated carbocycles. The van der Waals surface area contributed by atoms with Gasteiger partial charge in [0.2, 0.25) is 0 Å². The van der Waals surface area contributed by atoms with Crippen molar-refractivity contribution in [1.82, 2.24) is 0 Å². The number of imide groups is 1. The van der Waals surface area contributed by atoms with Crippen molar-refractivity contribution in [3.63, 3.8) is 0 Å². The minimum atomic E-state index is -0.475. The van der Waals surface area contributed by atoms with Crippen LogP contribution >= 0.6 is 11.3 Å². The number of methoxy groups -OCH3 is 2. The van der Waals surface area contributed by atoms with E-state index in [1.54, 1.807) is 18.2 Å². The Morgan fingerprint density at radius 1 is 0.909 bits per heavy atom. The van der Waals surface area contributed by atoms with Crippen molar-refractivity contribution in [3.05, 3.63) is 70.6 Å². The maximum absolute atomic E-state index is 13.6. The van der Waals surface area contributed by atoms with E-state index in [9.17, 15) is 9.59 Å². The standard InChI is InChI=1S/C25H24N2O5S/c1-15(2)32-17-9-7-16(8-10-17)26-23-22(21-6-5-13-33-21)24(28)27(25(23)29)19-14-18(30-3)11-12-20(19)31-4/h5-15,26H,1-4H3. The average molecular weight is 465 g/mol. The lowest BCUT2D eigenvalue weighted by atomic mass is 10.2. The molecule has 2 amide bonds. The molecule has 1 aliphatic heterocycles. The van der Waals surface area contributed by atoms with Gasteiger partial charge in [-0.3, -0.25) is 9.59 Å². The molecule has 0 unspecified atom stereocenters. The summed E-state index contributed by atoms with van der Waals surface area (Å²) in [7, 11) is 3.01. The van der Waals surface area contributed by atoms with Crippen LogP contribution in [0.15, 0.2) is 65.7 Å². The summed E-state index contributed by atoms with van der Waals surface area (Å²) in [5.41, 5.74) is 1.49. The van der Waals surface area contributed by atoms with Gasteiger partial charge in [-0.2, -0.15) is 0 Å². The van der Waals surface area contributed by atoms with Crippen LogP contribution in [-0.4, -0.2) is 32.1 Å². The van der Waals surface area contributed by atoms with Gasteiger partial charge in [0.1, 0.15) is 22.9 Å². The molecular formula is C25H24N2O5S. The van der Waals surface area contributed by atoms with Crippen molar-refractivity contribution in [1.29, 1.82) is 0 Å². The summed E-state index contributed by atoms with van der Waals surface area (Å²) in [6, 6.07) is 15.9. The Morgan fingerprint density at radius 3 is 2.24 bits per heavy atom. The van der Waals surface area contributed by atoms with E-state index < -0.39 is 11.8 Å². The number of carbonyl (C=O) groups is 2. The van der Waals surface area contributed by atoms with Gasteiger partial charge in [-0.05, 0) is 61.7 Å². The molecule has 7 nitrogen and oxygen atoms in total. The summed E-state index contributed by atoms with van der Waals surface area (Å²) in [5.74, 6) is 0.707. The van der Waals surface area contributed by atoms with Gasteiger partial charge in [0.25, 0.3) is 11.8 Å². The van der Waals surface area contributed by atoms with Crippen molar-refractivity contribution in [2.75, 3.05) is 24.4 Å². The highest BCUT2D eigenvalue weighted by molar-refractivity contribution is 7.11. The number of nitrogens with one attached hydrogen (secondary N) is 1. The molecule has 0 bridgehead atoms. The molecule has 0 saturated heterocycles. The summed E-state index contributed by atoms with van der Waals surface area (Å²) in [4.78, 5) is 28.9. The van der Waals surface area contributed by atoms with Gasteiger partial charge in [-0.25, -0.2) is 4.90 Å². The Labute approximate surface area is 196 Å². The van der Waals surface area contributed by atoms with Crippen LogP contribution in [-0.2, 0) is 9.59 Å². The largest absolute Gasteiger partial charge is 0.497 e. The summed E-state index contributed by atoms with van der Waals surface area (Å²) < 4.78 is 16.4. The number of amides is 2. The average Bonchev–Trinajstić information content (AvgIpc) is 3.41. The fraction of sp³-hybridized carbons (Fsp3) is 0.200. The number of carbonyl (C=O) groups excluding carboxylic acids is 2. The molecule has 0 spiro atoms. The molecule has 0 fully saturated rings. The molecule has 0 aliphatic carbocycles. The highest BCUT2D eigenvalue weighted by Crippen LogP contribution is 2.40. The van der Waals surface area contributed by atoms with Crippen molar-refractivity contribution in [3.8, 4) is 17.2 Å². The highest BCUT2D eigenvalue weighted by Gasteiger charge is 2.42. The molecule has 2 heterocycles. The van der Waals surface area contributed by atoms with Gasteiger partial charge in [-0.15, -0.1) is 11.3 Å². The summed E-state index contributed by atoms with van der Waals surface area (Å²) in [5, 5.41) is 5.02. The lowest BCUT2D eigenvalue weighted by Crippen LogP contribution is -2.32. The second kappa shape index (κ2) is 9.38. The molecule has 8 heteroatoms. The second-order valence-electron chi connectivity index (χ2n) is 7.53. The molecular weight excluding hydrogens is 440 g/mol. The molecule has 33 heavy (non-hydrogen) atoms. The fourth-order valence-electron chi connectivity index (χ4n) is 3.52. The number of hydrogen-bond acceptors (Lipinski definition) is 7. The molecule has 1 aromatic heterocycles. The second-order valence-corrected chi connectivity index (χ2v) is 8.47. The first-order valence-electron chi connectivity index (χ1n) is 10.4. The van der Waals surface area contributed by atoms with Gasteiger partial charge in [0, 0.05) is 16.6 Å². The predicted octanol–water partition coefficient (Wildman–Crippen LogP) is 4.95. The van der Waals surface area contributed by atoms with Crippen LogP contribution in [0.1, 0.15) is 18.7 Å². The Bertz CT molecular complexity index is 1200. The number of benzene rings is 2. The molecule has 3 aromatic rings. The number of hydrogen-bond donors (Lipinski definition) is 1. The van der Waals surface area contributed by atoms with E-state index >= 15 is 0 Å². The first-order chi connectivity index (χ1) is 15.9. The van der Waals surface area contributed by atoms with Gasteiger partial charge in [-0.1, -0.05) is 6.07 Å². The predicted molar refractivity (Wildman–Crippen MR) is 129 cm³/mol. The van der Waals surface area contributed by atoms with E-state index in [1.165, 1.54) is 25.6 Å². The smallest absolute Gasteiger partial charge is 0.282 e. The molecule has 4 rings (SSSR count). The van der Waals surface area contributed by atoms with Crippen molar-refractivity contribution in [2.24, 2.45) is 0 Å². The minimum absolute atomic E-state index is 0.0531. The number of ether oxygens (including phenoxy) is 3. The minimum Gasteiger partial charge on any atom is -0.497 e. The van der Waals surface area contributed by atoms with Crippen LogP contribution < -0.4 is 24.4 Å². The molecule has 170 valence electrons.